The SMILES string of the molecule is Cc1c(C(=O)Nc2cccc3ccccc23)oc2c1/C(=N/NC(=O)c1cccc3ccccc13)CCC2. The third-order valence-electron chi connectivity index (χ3n) is 6.90. The van der Waals surface area contributed by atoms with Crippen LogP contribution in [-0.2, 0) is 6.42 Å². The zero-order chi connectivity index (χ0) is 25.4. The van der Waals surface area contributed by atoms with E-state index in [1.807, 2.05) is 85.8 Å². The number of hydrogen-bond acceptors (Lipinski definition) is 4. The number of hydrazone groups is 1. The summed E-state index contributed by atoms with van der Waals surface area (Å²) in [7, 11) is 0. The molecule has 2 N–H and O–H groups in total. The third kappa shape index (κ3) is 4.16. The van der Waals surface area contributed by atoms with Gasteiger partial charge in [-0.05, 0) is 48.1 Å². The van der Waals surface area contributed by atoms with E-state index >= 15 is 0 Å². The number of fused-ring (bicyclic) bond motifs is 3. The summed E-state index contributed by atoms with van der Waals surface area (Å²) in [5.41, 5.74) is 6.29. The molecule has 0 atom stereocenters. The third-order valence-corrected chi connectivity index (χ3v) is 6.90. The smallest absolute Gasteiger partial charge is 0.291 e. The second-order valence-electron chi connectivity index (χ2n) is 9.21. The van der Waals surface area contributed by atoms with Gasteiger partial charge in [0.05, 0.1) is 5.71 Å². The van der Waals surface area contributed by atoms with E-state index in [-0.39, 0.29) is 17.6 Å². The fourth-order valence-corrected chi connectivity index (χ4v) is 5.11. The number of amides is 2. The van der Waals surface area contributed by atoms with Crippen LogP contribution in [0.5, 0.6) is 0 Å². The highest BCUT2D eigenvalue weighted by Crippen LogP contribution is 2.31. The number of hydrogen-bond donors (Lipinski definition) is 2. The Bertz CT molecular complexity index is 1700. The van der Waals surface area contributed by atoms with Crippen LogP contribution in [-0.4, -0.2) is 17.5 Å². The van der Waals surface area contributed by atoms with Crippen molar-refractivity contribution in [2.24, 2.45) is 5.10 Å². The van der Waals surface area contributed by atoms with Crippen LogP contribution in [0.2, 0.25) is 0 Å². The Balaban J connectivity index is 1.28. The number of carbonyl (C=O) groups is 2. The number of rotatable bonds is 4. The highest BCUT2D eigenvalue weighted by atomic mass is 16.4. The molecule has 4 aromatic carbocycles. The van der Waals surface area contributed by atoms with Crippen LogP contribution in [0.4, 0.5) is 5.69 Å². The number of furan rings is 1. The lowest BCUT2D eigenvalue weighted by Crippen LogP contribution is -2.22. The van der Waals surface area contributed by atoms with Crippen LogP contribution in [0, 0.1) is 6.92 Å². The fraction of sp³-hybridized carbons (Fsp3) is 0.129. The van der Waals surface area contributed by atoms with Crippen molar-refractivity contribution in [3.63, 3.8) is 0 Å². The fourth-order valence-electron chi connectivity index (χ4n) is 5.11. The first-order valence-corrected chi connectivity index (χ1v) is 12.4. The monoisotopic (exact) mass is 487 g/mol. The number of anilines is 1. The van der Waals surface area contributed by atoms with Gasteiger partial charge in [-0.15, -0.1) is 0 Å². The van der Waals surface area contributed by atoms with E-state index < -0.39 is 0 Å². The zero-order valence-corrected chi connectivity index (χ0v) is 20.4. The van der Waals surface area contributed by atoms with Gasteiger partial charge in [0.1, 0.15) is 5.76 Å². The Hall–Kier alpha value is -4.71. The minimum atomic E-state index is -0.303. The van der Waals surface area contributed by atoms with E-state index in [1.165, 1.54) is 0 Å². The van der Waals surface area contributed by atoms with E-state index in [0.29, 0.717) is 18.4 Å². The summed E-state index contributed by atoms with van der Waals surface area (Å²) in [6.45, 7) is 1.87. The van der Waals surface area contributed by atoms with Crippen LogP contribution in [0.3, 0.4) is 0 Å². The minimum Gasteiger partial charge on any atom is -0.455 e. The first-order chi connectivity index (χ1) is 18.1. The molecule has 0 aliphatic heterocycles. The van der Waals surface area contributed by atoms with Crippen molar-refractivity contribution in [3.8, 4) is 0 Å². The standard InChI is InChI=1S/C31H25N3O3/c1-19-28-26(33-34-30(35)24-15-6-11-20-9-2-4-13-22(20)24)17-8-18-27(28)37-29(19)31(36)32-25-16-7-12-21-10-3-5-14-23(21)25/h2-7,9-16H,8,17-18H2,1H3,(H,32,36)(H,34,35)/b33-26+. The Kier molecular flexibility index (Phi) is 5.77. The number of benzene rings is 4. The van der Waals surface area contributed by atoms with Crippen LogP contribution in [0.1, 0.15) is 50.6 Å². The highest BCUT2D eigenvalue weighted by Gasteiger charge is 2.28. The molecule has 1 aliphatic carbocycles. The van der Waals surface area contributed by atoms with Crippen molar-refractivity contribution in [2.45, 2.75) is 26.2 Å². The molecule has 0 unspecified atom stereocenters. The van der Waals surface area contributed by atoms with E-state index in [0.717, 1.165) is 56.3 Å². The molecule has 1 aromatic heterocycles. The summed E-state index contributed by atoms with van der Waals surface area (Å²) in [4.78, 5) is 26.3. The molecule has 0 bridgehead atoms. The van der Waals surface area contributed by atoms with Gasteiger partial charge in [0, 0.05) is 34.2 Å². The van der Waals surface area contributed by atoms with Gasteiger partial charge in [0.15, 0.2) is 5.76 Å². The molecule has 1 heterocycles. The summed E-state index contributed by atoms with van der Waals surface area (Å²) in [5.74, 6) is 0.423. The Morgan fingerprint density at radius 3 is 2.27 bits per heavy atom. The maximum atomic E-state index is 13.3. The van der Waals surface area contributed by atoms with Crippen LogP contribution in [0.15, 0.2) is 94.4 Å². The molecule has 0 fully saturated rings. The molecule has 6 rings (SSSR count). The van der Waals surface area contributed by atoms with Gasteiger partial charge in [-0.3, -0.25) is 9.59 Å². The van der Waals surface area contributed by atoms with Crippen LogP contribution < -0.4 is 10.7 Å². The van der Waals surface area contributed by atoms with Crippen molar-refractivity contribution >= 4 is 44.8 Å². The number of nitrogens with one attached hydrogen (secondary N) is 2. The molecule has 0 saturated carbocycles. The molecular formula is C31H25N3O3. The maximum absolute atomic E-state index is 13.3. The van der Waals surface area contributed by atoms with E-state index in [9.17, 15) is 9.59 Å². The number of carbonyl (C=O) groups excluding carboxylic acids is 2. The average molecular weight is 488 g/mol. The molecule has 0 spiro atoms. The van der Waals surface area contributed by atoms with Crippen molar-refractivity contribution in [1.82, 2.24) is 5.43 Å². The second-order valence-corrected chi connectivity index (χ2v) is 9.21. The molecule has 37 heavy (non-hydrogen) atoms. The molecule has 0 saturated heterocycles. The Morgan fingerprint density at radius 1 is 0.784 bits per heavy atom. The van der Waals surface area contributed by atoms with E-state index in [4.69, 9.17) is 4.42 Å². The van der Waals surface area contributed by atoms with Crippen LogP contribution in [0.25, 0.3) is 21.5 Å². The van der Waals surface area contributed by atoms with Crippen molar-refractivity contribution in [1.29, 1.82) is 0 Å². The molecule has 182 valence electrons. The van der Waals surface area contributed by atoms with Gasteiger partial charge in [-0.2, -0.15) is 5.10 Å². The van der Waals surface area contributed by atoms with Crippen molar-refractivity contribution in [2.75, 3.05) is 5.32 Å². The maximum Gasteiger partial charge on any atom is 0.291 e. The first kappa shape index (κ1) is 22.7. The molecule has 1 aliphatic rings. The van der Waals surface area contributed by atoms with Gasteiger partial charge >= 0.3 is 0 Å². The Morgan fingerprint density at radius 2 is 1.46 bits per heavy atom. The van der Waals surface area contributed by atoms with Gasteiger partial charge in [-0.25, -0.2) is 5.43 Å². The van der Waals surface area contributed by atoms with Gasteiger partial charge in [0.25, 0.3) is 11.8 Å². The molecule has 6 heteroatoms. The van der Waals surface area contributed by atoms with Gasteiger partial charge < -0.3 is 9.73 Å². The van der Waals surface area contributed by atoms with Crippen LogP contribution >= 0.6 is 0 Å². The molecular weight excluding hydrogens is 462 g/mol. The first-order valence-electron chi connectivity index (χ1n) is 12.4. The van der Waals surface area contributed by atoms with Crippen molar-refractivity contribution < 1.29 is 14.0 Å². The molecule has 0 radical (unpaired) electrons. The zero-order valence-electron chi connectivity index (χ0n) is 20.4. The highest BCUT2D eigenvalue weighted by molar-refractivity contribution is 6.12. The number of nitrogens with zero attached hydrogens (tertiary/aromatic N) is 1. The molecule has 2 amide bonds. The van der Waals surface area contributed by atoms with Gasteiger partial charge in [-0.1, -0.05) is 72.8 Å². The summed E-state index contributed by atoms with van der Waals surface area (Å²) in [6, 6.07) is 27.1. The minimum absolute atomic E-state index is 0.271. The predicted octanol–water partition coefficient (Wildman–Crippen LogP) is 6.62. The quantitative estimate of drug-likeness (QED) is 0.280. The summed E-state index contributed by atoms with van der Waals surface area (Å²) >= 11 is 0. The van der Waals surface area contributed by atoms with Crippen molar-refractivity contribution in [3.05, 3.63) is 113 Å². The van der Waals surface area contributed by atoms with E-state index in [2.05, 4.69) is 15.8 Å². The lowest BCUT2D eigenvalue weighted by molar-refractivity contribution is 0.0955. The second kappa shape index (κ2) is 9.39. The normalized spacial score (nSPS) is 14.0. The lowest BCUT2D eigenvalue weighted by Gasteiger charge is -2.13. The summed E-state index contributed by atoms with van der Waals surface area (Å²) in [6.07, 6.45) is 2.23. The Labute approximate surface area is 214 Å². The summed E-state index contributed by atoms with van der Waals surface area (Å²) in [5, 5.41) is 11.4. The number of aryl methyl sites for hydroxylation is 1. The largest absolute Gasteiger partial charge is 0.455 e. The van der Waals surface area contributed by atoms with E-state index in [1.54, 1.807) is 6.07 Å². The lowest BCUT2D eigenvalue weighted by atomic mass is 9.93. The molecule has 6 nitrogen and oxygen atoms in total. The van der Waals surface area contributed by atoms with Gasteiger partial charge in [0.2, 0.25) is 0 Å². The summed E-state index contributed by atoms with van der Waals surface area (Å²) < 4.78 is 6.06. The average Bonchev–Trinajstić information content (AvgIpc) is 3.28. The molecule has 5 aromatic rings. The topological polar surface area (TPSA) is 83.7 Å². The predicted molar refractivity (Wildman–Crippen MR) is 146 cm³/mol.